The van der Waals surface area contributed by atoms with Crippen LogP contribution in [0.3, 0.4) is 0 Å². The van der Waals surface area contributed by atoms with Gasteiger partial charge in [0.15, 0.2) is 17.3 Å². The van der Waals surface area contributed by atoms with Crippen molar-refractivity contribution < 1.29 is 9.47 Å². The number of allylic oxidation sites excluding steroid dienone is 1. The molecule has 0 aliphatic carbocycles. The summed E-state index contributed by atoms with van der Waals surface area (Å²) in [4.78, 5) is 4.61. The lowest BCUT2D eigenvalue weighted by atomic mass is 10.1. The van der Waals surface area contributed by atoms with Gasteiger partial charge in [-0.2, -0.15) is 5.26 Å². The SMILES string of the molecule is CCCOc1ccc(/C=C(/C#N)c2nc3ccccc3n2C)cc1OCC. The summed E-state index contributed by atoms with van der Waals surface area (Å²) in [5.74, 6) is 2.04. The molecule has 0 radical (unpaired) electrons. The summed E-state index contributed by atoms with van der Waals surface area (Å²) >= 11 is 0. The van der Waals surface area contributed by atoms with Crippen molar-refractivity contribution in [1.82, 2.24) is 9.55 Å². The molecule has 1 aromatic heterocycles. The molecule has 0 bridgehead atoms. The van der Waals surface area contributed by atoms with E-state index in [2.05, 4.69) is 18.0 Å². The average molecular weight is 361 g/mol. The number of aryl methyl sites for hydroxylation is 1. The lowest BCUT2D eigenvalue weighted by Crippen LogP contribution is -2.00. The maximum Gasteiger partial charge on any atom is 0.161 e. The van der Waals surface area contributed by atoms with Gasteiger partial charge in [-0.1, -0.05) is 25.1 Å². The Hall–Kier alpha value is -3.26. The van der Waals surface area contributed by atoms with Crippen molar-refractivity contribution in [2.45, 2.75) is 20.3 Å². The Balaban J connectivity index is 2.01. The molecule has 0 N–H and O–H groups in total. The highest BCUT2D eigenvalue weighted by atomic mass is 16.5. The summed E-state index contributed by atoms with van der Waals surface area (Å²) in [7, 11) is 1.92. The van der Waals surface area contributed by atoms with Crippen LogP contribution in [-0.4, -0.2) is 22.8 Å². The van der Waals surface area contributed by atoms with Gasteiger partial charge in [-0.25, -0.2) is 4.98 Å². The van der Waals surface area contributed by atoms with Gasteiger partial charge in [0.1, 0.15) is 6.07 Å². The molecule has 3 rings (SSSR count). The quantitative estimate of drug-likeness (QED) is 0.566. The molecule has 0 fully saturated rings. The van der Waals surface area contributed by atoms with Gasteiger partial charge in [0, 0.05) is 7.05 Å². The van der Waals surface area contributed by atoms with Crippen LogP contribution in [0.25, 0.3) is 22.7 Å². The lowest BCUT2D eigenvalue weighted by molar-refractivity contribution is 0.277. The van der Waals surface area contributed by atoms with Gasteiger partial charge in [0.25, 0.3) is 0 Å². The number of para-hydroxylation sites is 2. The van der Waals surface area contributed by atoms with Gasteiger partial charge >= 0.3 is 0 Å². The number of hydrogen-bond acceptors (Lipinski definition) is 4. The maximum absolute atomic E-state index is 9.71. The van der Waals surface area contributed by atoms with E-state index in [4.69, 9.17) is 9.47 Å². The fourth-order valence-corrected chi connectivity index (χ4v) is 2.91. The highest BCUT2D eigenvalue weighted by Gasteiger charge is 2.13. The largest absolute Gasteiger partial charge is 0.490 e. The number of imidazole rings is 1. The van der Waals surface area contributed by atoms with Crippen LogP contribution in [-0.2, 0) is 7.05 Å². The number of nitrogens with zero attached hydrogens (tertiary/aromatic N) is 3. The minimum absolute atomic E-state index is 0.498. The van der Waals surface area contributed by atoms with Gasteiger partial charge in [-0.3, -0.25) is 0 Å². The number of rotatable bonds is 7. The van der Waals surface area contributed by atoms with Crippen LogP contribution in [0.1, 0.15) is 31.7 Å². The summed E-state index contributed by atoms with van der Waals surface area (Å²) in [6, 6.07) is 15.8. The van der Waals surface area contributed by atoms with E-state index < -0.39 is 0 Å². The number of nitriles is 1. The first kappa shape index (κ1) is 18.5. The Morgan fingerprint density at radius 3 is 2.67 bits per heavy atom. The van der Waals surface area contributed by atoms with E-state index in [0.717, 1.165) is 28.8 Å². The maximum atomic E-state index is 9.71. The van der Waals surface area contributed by atoms with Gasteiger partial charge in [-0.05, 0) is 49.2 Å². The third kappa shape index (κ3) is 3.95. The van der Waals surface area contributed by atoms with Crippen LogP contribution in [0.5, 0.6) is 11.5 Å². The van der Waals surface area contributed by atoms with E-state index in [9.17, 15) is 5.26 Å². The molecule has 1 heterocycles. The zero-order valence-corrected chi connectivity index (χ0v) is 15.9. The van der Waals surface area contributed by atoms with Crippen LogP contribution in [0.15, 0.2) is 42.5 Å². The first-order chi connectivity index (χ1) is 13.2. The third-order valence-electron chi connectivity index (χ3n) is 4.19. The lowest BCUT2D eigenvalue weighted by Gasteiger charge is -2.12. The second-order valence-corrected chi connectivity index (χ2v) is 6.14. The first-order valence-corrected chi connectivity index (χ1v) is 9.11. The Morgan fingerprint density at radius 1 is 1.15 bits per heavy atom. The van der Waals surface area contributed by atoms with Crippen molar-refractivity contribution in [3.05, 3.63) is 53.9 Å². The molecule has 138 valence electrons. The number of hydrogen-bond donors (Lipinski definition) is 0. The van der Waals surface area contributed by atoms with E-state index in [1.165, 1.54) is 0 Å². The summed E-state index contributed by atoms with van der Waals surface area (Å²) in [5, 5.41) is 9.71. The zero-order chi connectivity index (χ0) is 19.2. The van der Waals surface area contributed by atoms with Crippen LogP contribution in [0, 0.1) is 11.3 Å². The molecule has 0 aliphatic rings. The predicted octanol–water partition coefficient (Wildman–Crippen LogP) is 4.82. The number of benzene rings is 2. The Labute approximate surface area is 159 Å². The van der Waals surface area contributed by atoms with Gasteiger partial charge in [-0.15, -0.1) is 0 Å². The Kier molecular flexibility index (Phi) is 5.77. The van der Waals surface area contributed by atoms with Crippen molar-refractivity contribution in [3.63, 3.8) is 0 Å². The molecule has 3 aromatic rings. The third-order valence-corrected chi connectivity index (χ3v) is 4.19. The molecular formula is C22H23N3O2. The van der Waals surface area contributed by atoms with Crippen molar-refractivity contribution in [3.8, 4) is 17.6 Å². The van der Waals surface area contributed by atoms with Crippen molar-refractivity contribution in [2.24, 2.45) is 7.05 Å². The molecule has 0 saturated carbocycles. The van der Waals surface area contributed by atoms with E-state index in [0.29, 0.717) is 30.4 Å². The summed E-state index contributed by atoms with van der Waals surface area (Å²) in [5.41, 5.74) is 3.23. The van der Waals surface area contributed by atoms with Crippen LogP contribution < -0.4 is 9.47 Å². The highest BCUT2D eigenvalue weighted by Crippen LogP contribution is 2.30. The number of fused-ring (bicyclic) bond motifs is 1. The predicted molar refractivity (Wildman–Crippen MR) is 108 cm³/mol. The van der Waals surface area contributed by atoms with Crippen LogP contribution >= 0.6 is 0 Å². The zero-order valence-electron chi connectivity index (χ0n) is 15.9. The van der Waals surface area contributed by atoms with E-state index in [1.54, 1.807) is 0 Å². The van der Waals surface area contributed by atoms with E-state index in [-0.39, 0.29) is 0 Å². The molecule has 0 unspecified atom stereocenters. The molecule has 0 aliphatic heterocycles. The Bertz CT molecular complexity index is 1010. The summed E-state index contributed by atoms with van der Waals surface area (Å²) in [6.07, 6.45) is 2.76. The summed E-state index contributed by atoms with van der Waals surface area (Å²) in [6.45, 7) is 5.18. The minimum atomic E-state index is 0.498. The van der Waals surface area contributed by atoms with Gasteiger partial charge in [0.05, 0.1) is 29.8 Å². The first-order valence-electron chi connectivity index (χ1n) is 9.11. The molecule has 5 heteroatoms. The van der Waals surface area contributed by atoms with Crippen LogP contribution in [0.2, 0.25) is 0 Å². The standard InChI is InChI=1S/C22H23N3O2/c1-4-12-27-20-11-10-16(14-21(20)26-5-2)13-17(15-23)22-24-18-8-6-7-9-19(18)25(22)3/h6-11,13-14H,4-5,12H2,1-3H3/b17-13-. The molecule has 0 atom stereocenters. The minimum Gasteiger partial charge on any atom is -0.490 e. The van der Waals surface area contributed by atoms with Gasteiger partial charge in [0.2, 0.25) is 0 Å². The van der Waals surface area contributed by atoms with E-state index in [1.807, 2.05) is 67.1 Å². The average Bonchev–Trinajstić information content (AvgIpc) is 3.02. The monoisotopic (exact) mass is 361 g/mol. The topological polar surface area (TPSA) is 60.1 Å². The Morgan fingerprint density at radius 2 is 1.96 bits per heavy atom. The highest BCUT2D eigenvalue weighted by molar-refractivity contribution is 5.91. The molecule has 27 heavy (non-hydrogen) atoms. The molecule has 0 saturated heterocycles. The van der Waals surface area contributed by atoms with Crippen LogP contribution in [0.4, 0.5) is 0 Å². The normalized spacial score (nSPS) is 11.4. The number of aromatic nitrogens is 2. The second kappa shape index (κ2) is 8.41. The molecule has 2 aromatic carbocycles. The molecule has 0 spiro atoms. The van der Waals surface area contributed by atoms with Crippen molar-refractivity contribution >= 4 is 22.7 Å². The van der Waals surface area contributed by atoms with Gasteiger partial charge < -0.3 is 14.0 Å². The molecule has 5 nitrogen and oxygen atoms in total. The van der Waals surface area contributed by atoms with E-state index >= 15 is 0 Å². The summed E-state index contributed by atoms with van der Waals surface area (Å²) < 4.78 is 13.4. The van der Waals surface area contributed by atoms with Crippen molar-refractivity contribution in [2.75, 3.05) is 13.2 Å². The number of ether oxygens (including phenoxy) is 2. The molecule has 0 amide bonds. The fourth-order valence-electron chi connectivity index (χ4n) is 2.91. The smallest absolute Gasteiger partial charge is 0.161 e. The fraction of sp³-hybridized carbons (Fsp3) is 0.273. The molecular weight excluding hydrogens is 338 g/mol. The second-order valence-electron chi connectivity index (χ2n) is 6.14. The van der Waals surface area contributed by atoms with Crippen molar-refractivity contribution in [1.29, 1.82) is 5.26 Å².